The van der Waals surface area contributed by atoms with Gasteiger partial charge in [-0.05, 0) is 18.1 Å². The molecule has 84 valence electrons. The molecular formula is C12H15N3O. The lowest BCUT2D eigenvalue weighted by atomic mass is 10.1. The summed E-state index contributed by atoms with van der Waals surface area (Å²) in [6.45, 7) is 2.08. The maximum absolute atomic E-state index is 9.09. The van der Waals surface area contributed by atoms with Crippen molar-refractivity contribution in [3.63, 3.8) is 0 Å². The van der Waals surface area contributed by atoms with Gasteiger partial charge in [0.15, 0.2) is 5.95 Å². The Balaban J connectivity index is 2.48. The summed E-state index contributed by atoms with van der Waals surface area (Å²) in [7, 11) is 0. The zero-order chi connectivity index (χ0) is 11.5. The van der Waals surface area contributed by atoms with E-state index in [9.17, 15) is 0 Å². The molecule has 1 heterocycles. The van der Waals surface area contributed by atoms with Gasteiger partial charge in [-0.25, -0.2) is 4.98 Å². The van der Waals surface area contributed by atoms with Gasteiger partial charge < -0.3 is 15.8 Å². The van der Waals surface area contributed by atoms with Crippen molar-refractivity contribution in [2.75, 3.05) is 5.73 Å². The molecule has 2 aromatic rings. The molecule has 0 saturated heterocycles. The third-order valence-corrected chi connectivity index (χ3v) is 2.53. The summed E-state index contributed by atoms with van der Waals surface area (Å²) in [6.07, 6.45) is 0.850. The number of imidazole rings is 1. The van der Waals surface area contributed by atoms with E-state index in [0.29, 0.717) is 5.95 Å². The first kappa shape index (κ1) is 10.7. The highest BCUT2D eigenvalue weighted by molar-refractivity contribution is 5.64. The second-order valence-electron chi connectivity index (χ2n) is 3.66. The number of aryl methyl sites for hydroxylation is 1. The summed E-state index contributed by atoms with van der Waals surface area (Å²) in [6, 6.07) is 7.68. The maximum Gasteiger partial charge on any atom is 0.198 e. The number of nitrogens with two attached hydrogens (primary N) is 1. The minimum Gasteiger partial charge on any atom is -0.392 e. The van der Waals surface area contributed by atoms with Gasteiger partial charge >= 0.3 is 0 Å². The third-order valence-electron chi connectivity index (χ3n) is 2.53. The van der Waals surface area contributed by atoms with Crippen LogP contribution in [0.4, 0.5) is 5.95 Å². The highest BCUT2D eigenvalue weighted by Gasteiger charge is 2.09. The number of aliphatic hydroxyl groups excluding tert-OH is 1. The molecule has 0 radical (unpaired) electrons. The number of hydrogen-bond donors (Lipinski definition) is 3. The monoisotopic (exact) mass is 217 g/mol. The Labute approximate surface area is 94.1 Å². The molecule has 0 aliphatic heterocycles. The standard InChI is InChI=1S/C12H15N3O/c1-2-10-11(15-12(13)14-10)9-5-3-4-8(6-9)7-16/h3-6,16H,2,7H2,1H3,(H3,13,14,15). The molecule has 4 nitrogen and oxygen atoms in total. The number of anilines is 1. The van der Waals surface area contributed by atoms with Crippen molar-refractivity contribution >= 4 is 5.95 Å². The zero-order valence-corrected chi connectivity index (χ0v) is 9.20. The fourth-order valence-corrected chi connectivity index (χ4v) is 1.74. The minimum atomic E-state index is 0.0369. The number of nitrogens with one attached hydrogen (secondary N) is 1. The molecule has 0 bridgehead atoms. The fourth-order valence-electron chi connectivity index (χ4n) is 1.74. The predicted molar refractivity (Wildman–Crippen MR) is 63.7 cm³/mol. The Morgan fingerprint density at radius 3 is 2.94 bits per heavy atom. The molecule has 0 amide bonds. The third kappa shape index (κ3) is 1.92. The van der Waals surface area contributed by atoms with Crippen molar-refractivity contribution in [2.45, 2.75) is 20.0 Å². The normalized spacial score (nSPS) is 10.6. The van der Waals surface area contributed by atoms with Crippen LogP contribution < -0.4 is 5.73 Å². The van der Waals surface area contributed by atoms with E-state index in [2.05, 4.69) is 9.97 Å². The van der Waals surface area contributed by atoms with E-state index >= 15 is 0 Å². The SMILES string of the molecule is CCc1[nH]c(N)nc1-c1cccc(CO)c1. The number of rotatable bonds is 3. The van der Waals surface area contributed by atoms with E-state index in [1.54, 1.807) is 0 Å². The van der Waals surface area contributed by atoms with Crippen LogP contribution in [0.5, 0.6) is 0 Å². The quantitative estimate of drug-likeness (QED) is 0.732. The molecule has 1 aromatic carbocycles. The van der Waals surface area contributed by atoms with Crippen LogP contribution in [0.2, 0.25) is 0 Å². The van der Waals surface area contributed by atoms with Crippen LogP contribution in [0.25, 0.3) is 11.3 Å². The number of aliphatic hydroxyl groups is 1. The van der Waals surface area contributed by atoms with Gasteiger partial charge in [-0.2, -0.15) is 0 Å². The smallest absolute Gasteiger partial charge is 0.198 e. The van der Waals surface area contributed by atoms with Crippen LogP contribution in [0, 0.1) is 0 Å². The number of aromatic amines is 1. The van der Waals surface area contributed by atoms with E-state index < -0.39 is 0 Å². The van der Waals surface area contributed by atoms with E-state index in [1.807, 2.05) is 31.2 Å². The molecule has 0 aliphatic carbocycles. The lowest BCUT2D eigenvalue weighted by molar-refractivity contribution is 0.282. The molecular weight excluding hydrogens is 202 g/mol. The summed E-state index contributed by atoms with van der Waals surface area (Å²) in [5.74, 6) is 0.432. The van der Waals surface area contributed by atoms with Gasteiger partial charge in [-0.15, -0.1) is 0 Å². The van der Waals surface area contributed by atoms with Crippen LogP contribution in [0.1, 0.15) is 18.2 Å². The van der Waals surface area contributed by atoms with Crippen LogP contribution in [0.15, 0.2) is 24.3 Å². The number of aromatic nitrogens is 2. The largest absolute Gasteiger partial charge is 0.392 e. The number of H-pyrrole nitrogens is 1. The first-order chi connectivity index (χ1) is 7.74. The number of hydrogen-bond acceptors (Lipinski definition) is 3. The van der Waals surface area contributed by atoms with Crippen molar-refractivity contribution in [1.29, 1.82) is 0 Å². The van der Waals surface area contributed by atoms with Crippen LogP contribution in [-0.4, -0.2) is 15.1 Å². The molecule has 0 saturated carbocycles. The molecule has 4 N–H and O–H groups in total. The Morgan fingerprint density at radius 1 is 1.44 bits per heavy atom. The van der Waals surface area contributed by atoms with Crippen LogP contribution in [-0.2, 0) is 13.0 Å². The molecule has 0 aliphatic rings. The van der Waals surface area contributed by atoms with Gasteiger partial charge in [0, 0.05) is 11.3 Å². The molecule has 1 aromatic heterocycles. The zero-order valence-electron chi connectivity index (χ0n) is 9.20. The summed E-state index contributed by atoms with van der Waals surface area (Å²) in [5, 5.41) is 9.09. The first-order valence-corrected chi connectivity index (χ1v) is 5.29. The second-order valence-corrected chi connectivity index (χ2v) is 3.66. The number of benzene rings is 1. The van der Waals surface area contributed by atoms with Crippen molar-refractivity contribution < 1.29 is 5.11 Å². The lowest BCUT2D eigenvalue weighted by Gasteiger charge is -2.02. The van der Waals surface area contributed by atoms with Gasteiger partial charge in [-0.1, -0.05) is 25.1 Å². The summed E-state index contributed by atoms with van der Waals surface area (Å²) in [5.41, 5.74) is 9.40. The lowest BCUT2D eigenvalue weighted by Crippen LogP contribution is -1.88. The Bertz CT molecular complexity index is 491. The maximum atomic E-state index is 9.09. The van der Waals surface area contributed by atoms with Gasteiger partial charge in [0.1, 0.15) is 0 Å². The molecule has 4 heteroatoms. The average molecular weight is 217 g/mol. The van der Waals surface area contributed by atoms with Crippen LogP contribution >= 0.6 is 0 Å². The van der Waals surface area contributed by atoms with Gasteiger partial charge in [-0.3, -0.25) is 0 Å². The van der Waals surface area contributed by atoms with Crippen molar-refractivity contribution in [3.05, 3.63) is 35.5 Å². The Hall–Kier alpha value is -1.81. The Kier molecular flexibility index (Phi) is 2.92. The number of nitrogens with zero attached hydrogens (tertiary/aromatic N) is 1. The first-order valence-electron chi connectivity index (χ1n) is 5.29. The molecule has 0 atom stereocenters. The highest BCUT2D eigenvalue weighted by atomic mass is 16.3. The van der Waals surface area contributed by atoms with Crippen molar-refractivity contribution in [2.24, 2.45) is 0 Å². The summed E-state index contributed by atoms with van der Waals surface area (Å²) in [4.78, 5) is 7.30. The second kappa shape index (κ2) is 4.37. The molecule has 2 rings (SSSR count). The van der Waals surface area contributed by atoms with Crippen LogP contribution in [0.3, 0.4) is 0 Å². The average Bonchev–Trinajstić information content (AvgIpc) is 2.70. The van der Waals surface area contributed by atoms with E-state index in [4.69, 9.17) is 10.8 Å². The number of nitrogen functional groups attached to an aromatic ring is 1. The fraction of sp³-hybridized carbons (Fsp3) is 0.250. The van der Waals surface area contributed by atoms with E-state index in [-0.39, 0.29) is 6.61 Å². The summed E-state index contributed by atoms with van der Waals surface area (Å²) >= 11 is 0. The van der Waals surface area contributed by atoms with Gasteiger partial charge in [0.25, 0.3) is 0 Å². The predicted octanol–water partition coefficient (Wildman–Crippen LogP) is 1.71. The van der Waals surface area contributed by atoms with Gasteiger partial charge in [0.05, 0.1) is 12.3 Å². The topological polar surface area (TPSA) is 74.9 Å². The van der Waals surface area contributed by atoms with Gasteiger partial charge in [0.2, 0.25) is 0 Å². The molecule has 16 heavy (non-hydrogen) atoms. The van der Waals surface area contributed by atoms with Crippen molar-refractivity contribution in [3.8, 4) is 11.3 Å². The summed E-state index contributed by atoms with van der Waals surface area (Å²) < 4.78 is 0. The van der Waals surface area contributed by atoms with E-state index in [0.717, 1.165) is 28.9 Å². The van der Waals surface area contributed by atoms with Crippen molar-refractivity contribution in [1.82, 2.24) is 9.97 Å². The Morgan fingerprint density at radius 2 is 2.25 bits per heavy atom. The molecule has 0 fully saturated rings. The highest BCUT2D eigenvalue weighted by Crippen LogP contribution is 2.23. The van der Waals surface area contributed by atoms with E-state index in [1.165, 1.54) is 0 Å². The minimum absolute atomic E-state index is 0.0369. The molecule has 0 spiro atoms. The molecule has 0 unspecified atom stereocenters.